The summed E-state index contributed by atoms with van der Waals surface area (Å²) in [7, 11) is 6.34. The number of hydrogen-bond acceptors (Lipinski definition) is 8. The predicted octanol–water partition coefficient (Wildman–Crippen LogP) is 4.88. The Labute approximate surface area is 287 Å². The van der Waals surface area contributed by atoms with Crippen LogP contribution in [0.5, 0.6) is 0 Å². The van der Waals surface area contributed by atoms with Gasteiger partial charge in [0.1, 0.15) is 27.2 Å². The molecule has 0 spiro atoms. The summed E-state index contributed by atoms with van der Waals surface area (Å²) in [4.78, 5) is 0. The Morgan fingerprint density at radius 3 is 1.48 bits per heavy atom. The number of halogens is 2. The fourth-order valence-corrected chi connectivity index (χ4v) is 3.42. The molecule has 6 atom stereocenters. The van der Waals surface area contributed by atoms with Gasteiger partial charge in [-0.05, 0) is 38.3 Å². The molecule has 0 amide bonds. The van der Waals surface area contributed by atoms with E-state index in [9.17, 15) is 0 Å². The molecule has 0 radical (unpaired) electrons. The van der Waals surface area contributed by atoms with Crippen LogP contribution in [0, 0.1) is 31.1 Å². The Bertz CT molecular complexity index is 643. The zero-order valence-electron chi connectivity index (χ0n) is 26.6. The Balaban J connectivity index is -0.000000185. The Kier molecular flexibility index (Phi) is 48.0. The summed E-state index contributed by atoms with van der Waals surface area (Å²) in [6.07, 6.45) is 13.9. The van der Waals surface area contributed by atoms with Gasteiger partial charge in [0.05, 0.1) is 27.8 Å². The Morgan fingerprint density at radius 2 is 1.17 bits per heavy atom. The quantitative estimate of drug-likeness (QED) is 0.0515. The molecule has 0 unspecified atom stereocenters. The first-order valence-electron chi connectivity index (χ1n) is 13.1. The van der Waals surface area contributed by atoms with E-state index in [0.717, 1.165) is 16.2 Å². The fourth-order valence-electron chi connectivity index (χ4n) is 3.05. The van der Waals surface area contributed by atoms with Crippen molar-refractivity contribution in [1.82, 2.24) is 0 Å². The van der Waals surface area contributed by atoms with E-state index in [2.05, 4.69) is 71.7 Å². The summed E-state index contributed by atoms with van der Waals surface area (Å²) in [6, 6.07) is 0. The number of terminal acetylenes is 1. The van der Waals surface area contributed by atoms with Crippen molar-refractivity contribution in [2.24, 2.45) is 11.8 Å². The number of rotatable bonds is 22. The molecule has 0 heterocycles. The summed E-state index contributed by atoms with van der Waals surface area (Å²) in [5.74, 6) is 2.79. The van der Waals surface area contributed by atoms with Crippen molar-refractivity contribution in [2.45, 2.75) is 78.3 Å². The van der Waals surface area contributed by atoms with E-state index >= 15 is 0 Å². The van der Waals surface area contributed by atoms with E-state index in [1.165, 1.54) is 6.42 Å². The van der Waals surface area contributed by atoms with Crippen molar-refractivity contribution < 1.29 is 56.8 Å². The molecule has 0 aromatic rings. The van der Waals surface area contributed by atoms with Gasteiger partial charge < -0.3 is 44.8 Å². The second-order valence-electron chi connectivity index (χ2n) is 8.48. The minimum atomic E-state index is -0.162. The maximum Gasteiger partial charge on any atom is 1.00 e. The van der Waals surface area contributed by atoms with Crippen LogP contribution in [-0.4, -0.2) is 80.0 Å². The van der Waals surface area contributed by atoms with Crippen LogP contribution in [0.4, 0.5) is 0 Å². The molecule has 0 saturated carbocycles. The fraction of sp³-hybridized carbons (Fsp3) is 0.710. The minimum Gasteiger partial charge on any atom is -0.359 e. The van der Waals surface area contributed by atoms with Gasteiger partial charge in [0.25, 0.3) is 0 Å². The molecule has 0 aromatic carbocycles. The second kappa shape index (κ2) is 39.0. The van der Waals surface area contributed by atoms with Crippen LogP contribution in [0.1, 0.15) is 53.9 Å². The van der Waals surface area contributed by atoms with Gasteiger partial charge in [0, 0.05) is 46.7 Å². The Hall–Kier alpha value is 0.0174. The van der Waals surface area contributed by atoms with E-state index in [1.54, 1.807) is 40.6 Å². The van der Waals surface area contributed by atoms with Gasteiger partial charge in [0.2, 0.25) is 0 Å². The van der Waals surface area contributed by atoms with Crippen LogP contribution in [0.25, 0.3) is 0 Å². The second-order valence-corrected chi connectivity index (χ2v) is 11.3. The molecule has 0 bridgehead atoms. The van der Waals surface area contributed by atoms with Crippen molar-refractivity contribution in [3.63, 3.8) is 0 Å². The summed E-state index contributed by atoms with van der Waals surface area (Å²) in [6.45, 7) is 18.2. The number of ether oxygens (including phenoxy) is 8. The number of hydrogen-bond donors (Lipinski definition) is 0. The molecular formula is C31H57Br2LiO8. The van der Waals surface area contributed by atoms with Crippen LogP contribution in [0.15, 0.2) is 34.8 Å². The van der Waals surface area contributed by atoms with Crippen LogP contribution < -0.4 is 18.9 Å². The van der Waals surface area contributed by atoms with E-state index in [1.807, 2.05) is 13.0 Å². The number of methoxy groups -OCH3 is 4. The summed E-state index contributed by atoms with van der Waals surface area (Å²) < 4.78 is 42.8. The molecule has 0 saturated heterocycles. The van der Waals surface area contributed by atoms with Gasteiger partial charge in [-0.3, -0.25) is 0 Å². The Morgan fingerprint density at radius 1 is 0.810 bits per heavy atom. The smallest absolute Gasteiger partial charge is 0.359 e. The summed E-state index contributed by atoms with van der Waals surface area (Å²) in [5, 5.41) is 0. The van der Waals surface area contributed by atoms with Crippen LogP contribution in [0.2, 0.25) is 0 Å². The molecule has 11 heteroatoms. The van der Waals surface area contributed by atoms with E-state index in [-0.39, 0.29) is 89.7 Å². The average molecular weight is 725 g/mol. The molecule has 0 aliphatic carbocycles. The molecule has 0 rings (SSSR count). The molecule has 8 nitrogen and oxygen atoms in total. The molecule has 0 aromatic heterocycles. The van der Waals surface area contributed by atoms with Gasteiger partial charge >= 0.3 is 18.9 Å². The third-order valence-corrected chi connectivity index (χ3v) is 6.06. The normalized spacial score (nSPS) is 14.2. The zero-order valence-corrected chi connectivity index (χ0v) is 29.7. The van der Waals surface area contributed by atoms with Crippen LogP contribution in [-0.2, 0) is 37.9 Å². The number of unbranched alkanes of at least 4 members (excludes halogenated alkanes) is 1. The zero-order chi connectivity index (χ0) is 31.2. The third-order valence-electron chi connectivity index (χ3n) is 5.41. The van der Waals surface area contributed by atoms with Crippen LogP contribution in [0.3, 0.4) is 0 Å². The third kappa shape index (κ3) is 30.1. The van der Waals surface area contributed by atoms with Crippen molar-refractivity contribution >= 4 is 31.9 Å². The molecule has 0 N–H and O–H groups in total. The first-order chi connectivity index (χ1) is 19.2. The van der Waals surface area contributed by atoms with E-state index in [4.69, 9.17) is 44.3 Å². The van der Waals surface area contributed by atoms with Crippen molar-refractivity contribution in [1.29, 1.82) is 0 Å². The summed E-state index contributed by atoms with van der Waals surface area (Å²) >= 11 is 6.67. The van der Waals surface area contributed by atoms with Gasteiger partial charge in [0.15, 0.2) is 0 Å². The monoisotopic (exact) mass is 722 g/mol. The molecule has 244 valence electrons. The molecule has 0 aliphatic rings. The van der Waals surface area contributed by atoms with Crippen molar-refractivity contribution in [3.05, 3.63) is 41.7 Å². The minimum absolute atomic E-state index is 0. The predicted molar refractivity (Wildman–Crippen MR) is 177 cm³/mol. The molecule has 0 fully saturated rings. The first-order valence-corrected chi connectivity index (χ1v) is 14.7. The maximum absolute atomic E-state index is 5.69. The van der Waals surface area contributed by atoms with Crippen molar-refractivity contribution in [3.8, 4) is 12.3 Å². The average Bonchev–Trinajstić information content (AvgIpc) is 2.96. The van der Waals surface area contributed by atoms with Gasteiger partial charge in [-0.1, -0.05) is 52.8 Å². The summed E-state index contributed by atoms with van der Waals surface area (Å²) in [5.41, 5.74) is 0. The first kappa shape index (κ1) is 51.6. The van der Waals surface area contributed by atoms with Crippen molar-refractivity contribution in [2.75, 3.05) is 55.6 Å². The molecular weight excluding hydrogens is 667 g/mol. The molecule has 42 heavy (non-hydrogen) atoms. The SMILES string of the molecule is C.C#CC[C@@H](OCOC)[C@@H](C)[C@@H](C=C)OCOC.C=C[C@@H](OCOC)[C@H](C)[C@@H](CC=C(Br)Br)OCOC.[CH2-]CCC.[Li+]. The van der Waals surface area contributed by atoms with E-state index < -0.39 is 0 Å². The molecule has 0 aliphatic heterocycles. The maximum atomic E-state index is 5.69. The largest absolute Gasteiger partial charge is 1.00 e. The standard InChI is InChI=1S/C13H22Br2O4.C13H22O4.C4H9.CH4.Li/c1-5-11(18-8-16-3)10(2)12(19-9-17-4)6-7-13(14)15;1-6-8-13(17-10-15-5)11(3)12(7-2)16-9-14-4;1-3-4-2;;/h5,7,10-12H,1,6,8-9H2,2-4H3;1,7,11-13H,2,8-10H2,3-5H3;1,3-4H2,2H3;1H4;/q;;-1;;+1/t10-,11+,12+;11-,12+,13+;;;/m00.../s1. The van der Waals surface area contributed by atoms with Gasteiger partial charge in [-0.2, -0.15) is 6.42 Å². The van der Waals surface area contributed by atoms with Gasteiger partial charge in [-0.15, -0.1) is 25.5 Å². The van der Waals surface area contributed by atoms with Gasteiger partial charge in [-0.25, -0.2) is 0 Å². The topological polar surface area (TPSA) is 73.8 Å². The van der Waals surface area contributed by atoms with E-state index in [0.29, 0.717) is 6.42 Å². The van der Waals surface area contributed by atoms with Crippen LogP contribution >= 0.6 is 31.9 Å².